The van der Waals surface area contributed by atoms with Crippen molar-refractivity contribution in [3.05, 3.63) is 29.6 Å². The second kappa shape index (κ2) is 6.06. The van der Waals surface area contributed by atoms with E-state index in [1.54, 1.807) is 0 Å². The molecule has 1 atom stereocenters. The monoisotopic (exact) mass is 273 g/mol. The Bertz CT molecular complexity index is 473. The number of benzene rings is 1. The first kappa shape index (κ1) is 13.9. The second-order valence-corrected chi connectivity index (χ2v) is 4.56. The Morgan fingerprint density at radius 1 is 1.32 bits per heavy atom. The van der Waals surface area contributed by atoms with E-state index in [1.165, 1.54) is 0 Å². The fourth-order valence-electron chi connectivity index (χ4n) is 2.05. The molecule has 0 radical (unpaired) electrons. The lowest BCUT2D eigenvalue weighted by Crippen LogP contribution is -2.24. The summed E-state index contributed by atoms with van der Waals surface area (Å²) in [5, 5.41) is 2.25. The number of halogens is 3. The highest BCUT2D eigenvalue weighted by Gasteiger charge is 2.20. The van der Waals surface area contributed by atoms with Gasteiger partial charge in [-0.3, -0.25) is 4.79 Å². The van der Waals surface area contributed by atoms with Crippen LogP contribution in [0.1, 0.15) is 19.3 Å². The number of amides is 1. The minimum atomic E-state index is -1.58. The summed E-state index contributed by atoms with van der Waals surface area (Å²) < 4.78 is 44.3. The first-order valence-electron chi connectivity index (χ1n) is 6.09. The molecule has 0 spiro atoms. The normalized spacial score (nSPS) is 19.2. The maximum atomic E-state index is 13.3. The minimum Gasteiger partial charge on any atom is -0.381 e. The Kier molecular flexibility index (Phi) is 4.42. The van der Waals surface area contributed by atoms with Crippen LogP contribution in [0.2, 0.25) is 0 Å². The molecule has 19 heavy (non-hydrogen) atoms. The quantitative estimate of drug-likeness (QED) is 0.860. The van der Waals surface area contributed by atoms with Gasteiger partial charge in [0, 0.05) is 19.6 Å². The van der Waals surface area contributed by atoms with E-state index in [-0.39, 0.29) is 18.0 Å². The van der Waals surface area contributed by atoms with Crippen molar-refractivity contribution >= 4 is 11.6 Å². The van der Waals surface area contributed by atoms with Gasteiger partial charge in [-0.25, -0.2) is 13.2 Å². The zero-order valence-electron chi connectivity index (χ0n) is 10.2. The van der Waals surface area contributed by atoms with Crippen molar-refractivity contribution in [1.82, 2.24) is 0 Å². The number of nitrogens with one attached hydrogen (secondary N) is 1. The molecule has 1 amide bonds. The molecule has 2 rings (SSSR count). The SMILES string of the molecule is O=C(CC1CCCOC1)Nc1ccc(F)c(F)c1F. The number of hydrogen-bond donors (Lipinski definition) is 1. The molecular formula is C13H14F3NO2. The largest absolute Gasteiger partial charge is 0.381 e. The highest BCUT2D eigenvalue weighted by molar-refractivity contribution is 5.91. The predicted molar refractivity (Wildman–Crippen MR) is 63.1 cm³/mol. The van der Waals surface area contributed by atoms with Crippen molar-refractivity contribution in [2.45, 2.75) is 19.3 Å². The Morgan fingerprint density at radius 3 is 2.79 bits per heavy atom. The molecule has 6 heteroatoms. The van der Waals surface area contributed by atoms with E-state index < -0.39 is 23.4 Å². The molecule has 1 heterocycles. The van der Waals surface area contributed by atoms with Crippen molar-refractivity contribution in [3.8, 4) is 0 Å². The van der Waals surface area contributed by atoms with Gasteiger partial charge in [-0.2, -0.15) is 0 Å². The van der Waals surface area contributed by atoms with Gasteiger partial charge in [0.05, 0.1) is 5.69 Å². The molecular weight excluding hydrogens is 259 g/mol. The van der Waals surface area contributed by atoms with E-state index in [0.29, 0.717) is 13.2 Å². The van der Waals surface area contributed by atoms with E-state index in [1.807, 2.05) is 0 Å². The van der Waals surface area contributed by atoms with E-state index in [2.05, 4.69) is 5.32 Å². The number of carbonyl (C=O) groups excluding carboxylic acids is 1. The molecule has 0 aromatic heterocycles. The summed E-state index contributed by atoms with van der Waals surface area (Å²) in [6.45, 7) is 1.18. The van der Waals surface area contributed by atoms with Crippen molar-refractivity contribution in [1.29, 1.82) is 0 Å². The van der Waals surface area contributed by atoms with Crippen LogP contribution in [0, 0.1) is 23.4 Å². The number of carbonyl (C=O) groups is 1. The number of anilines is 1. The van der Waals surface area contributed by atoms with Gasteiger partial charge in [-0.15, -0.1) is 0 Å². The van der Waals surface area contributed by atoms with Crippen LogP contribution >= 0.6 is 0 Å². The van der Waals surface area contributed by atoms with Crippen molar-refractivity contribution in [3.63, 3.8) is 0 Å². The van der Waals surface area contributed by atoms with Crippen LogP contribution in [-0.2, 0) is 9.53 Å². The fraction of sp³-hybridized carbons (Fsp3) is 0.462. The van der Waals surface area contributed by atoms with Crippen LogP contribution < -0.4 is 5.32 Å². The number of rotatable bonds is 3. The average Bonchev–Trinajstić information content (AvgIpc) is 2.41. The molecule has 3 nitrogen and oxygen atoms in total. The zero-order valence-corrected chi connectivity index (χ0v) is 10.2. The van der Waals surface area contributed by atoms with E-state index >= 15 is 0 Å². The van der Waals surface area contributed by atoms with Crippen LogP contribution in [0.5, 0.6) is 0 Å². The molecule has 104 valence electrons. The van der Waals surface area contributed by atoms with Gasteiger partial charge in [0.2, 0.25) is 5.91 Å². The molecule has 1 N–H and O–H groups in total. The third kappa shape index (κ3) is 3.47. The maximum Gasteiger partial charge on any atom is 0.224 e. The Hall–Kier alpha value is -1.56. The second-order valence-electron chi connectivity index (χ2n) is 4.56. The van der Waals surface area contributed by atoms with Crippen LogP contribution in [-0.4, -0.2) is 19.1 Å². The summed E-state index contributed by atoms with van der Waals surface area (Å²) in [6.07, 6.45) is 1.93. The third-order valence-corrected chi connectivity index (χ3v) is 3.04. The van der Waals surface area contributed by atoms with Gasteiger partial charge in [0.1, 0.15) is 0 Å². The van der Waals surface area contributed by atoms with Crippen molar-refractivity contribution in [2.75, 3.05) is 18.5 Å². The van der Waals surface area contributed by atoms with Crippen LogP contribution in [0.4, 0.5) is 18.9 Å². The molecule has 0 bridgehead atoms. The van der Waals surface area contributed by atoms with Crippen LogP contribution in [0.25, 0.3) is 0 Å². The Morgan fingerprint density at radius 2 is 2.11 bits per heavy atom. The average molecular weight is 273 g/mol. The standard InChI is InChI=1S/C13H14F3NO2/c14-9-3-4-10(13(16)12(9)15)17-11(18)6-8-2-1-5-19-7-8/h3-4,8H,1-2,5-7H2,(H,17,18). The topological polar surface area (TPSA) is 38.3 Å². The third-order valence-electron chi connectivity index (χ3n) is 3.04. The summed E-state index contributed by atoms with van der Waals surface area (Å²) >= 11 is 0. The molecule has 1 aromatic rings. The predicted octanol–water partition coefficient (Wildman–Crippen LogP) is 2.86. The minimum absolute atomic E-state index is 0.0853. The van der Waals surface area contributed by atoms with Gasteiger partial charge >= 0.3 is 0 Å². The molecule has 1 fully saturated rings. The van der Waals surface area contributed by atoms with Gasteiger partial charge < -0.3 is 10.1 Å². The molecule has 1 saturated heterocycles. The van der Waals surface area contributed by atoms with E-state index in [0.717, 1.165) is 25.0 Å². The summed E-state index contributed by atoms with van der Waals surface area (Å²) in [5.74, 6) is -4.59. The maximum absolute atomic E-state index is 13.3. The highest BCUT2D eigenvalue weighted by atomic mass is 19.2. The molecule has 1 unspecified atom stereocenters. The smallest absolute Gasteiger partial charge is 0.224 e. The number of hydrogen-bond acceptors (Lipinski definition) is 2. The van der Waals surface area contributed by atoms with E-state index in [9.17, 15) is 18.0 Å². The van der Waals surface area contributed by atoms with Crippen LogP contribution in [0.3, 0.4) is 0 Å². The van der Waals surface area contributed by atoms with Crippen LogP contribution in [0.15, 0.2) is 12.1 Å². The lowest BCUT2D eigenvalue weighted by molar-refractivity contribution is -0.118. The summed E-state index contributed by atoms with van der Waals surface area (Å²) in [7, 11) is 0. The first-order chi connectivity index (χ1) is 9.08. The van der Waals surface area contributed by atoms with Gasteiger partial charge in [0.25, 0.3) is 0 Å². The lowest BCUT2D eigenvalue weighted by atomic mass is 9.98. The molecule has 1 aromatic carbocycles. The Labute approximate surface area is 108 Å². The Balaban J connectivity index is 1.97. The molecule has 1 aliphatic heterocycles. The van der Waals surface area contributed by atoms with Crippen molar-refractivity contribution < 1.29 is 22.7 Å². The summed E-state index contributed by atoms with van der Waals surface area (Å²) in [6, 6.07) is 1.78. The van der Waals surface area contributed by atoms with Crippen molar-refractivity contribution in [2.24, 2.45) is 5.92 Å². The van der Waals surface area contributed by atoms with Gasteiger partial charge in [-0.05, 0) is 30.9 Å². The lowest BCUT2D eigenvalue weighted by Gasteiger charge is -2.21. The summed E-state index contributed by atoms with van der Waals surface area (Å²) in [5.41, 5.74) is -0.347. The highest BCUT2D eigenvalue weighted by Crippen LogP contribution is 2.21. The summed E-state index contributed by atoms with van der Waals surface area (Å²) in [4.78, 5) is 11.7. The van der Waals surface area contributed by atoms with E-state index in [4.69, 9.17) is 4.74 Å². The number of ether oxygens (including phenoxy) is 1. The molecule has 0 saturated carbocycles. The van der Waals surface area contributed by atoms with Gasteiger partial charge in [0.15, 0.2) is 17.5 Å². The molecule has 1 aliphatic rings. The van der Waals surface area contributed by atoms with Gasteiger partial charge in [-0.1, -0.05) is 0 Å². The fourth-order valence-corrected chi connectivity index (χ4v) is 2.05. The first-order valence-corrected chi connectivity index (χ1v) is 6.09. The zero-order chi connectivity index (χ0) is 13.8. The molecule has 0 aliphatic carbocycles.